The molecule has 0 bridgehead atoms. The Labute approximate surface area is 196 Å². The molecular formula is C22H26Cl2N2O6. The quantitative estimate of drug-likeness (QED) is 0.311. The molecule has 0 spiro atoms. The zero-order valence-electron chi connectivity index (χ0n) is 18.2. The second kappa shape index (κ2) is 12.6. The molecule has 0 saturated heterocycles. The van der Waals surface area contributed by atoms with Crippen LogP contribution in [0, 0.1) is 5.92 Å². The molecule has 0 fully saturated rings. The van der Waals surface area contributed by atoms with Crippen LogP contribution in [0.1, 0.15) is 25.3 Å². The highest BCUT2D eigenvalue weighted by Gasteiger charge is 2.44. The Balaban J connectivity index is 2.43. The summed E-state index contributed by atoms with van der Waals surface area (Å²) in [4.78, 5) is 41.4. The van der Waals surface area contributed by atoms with E-state index in [9.17, 15) is 14.4 Å². The van der Waals surface area contributed by atoms with Crippen molar-refractivity contribution >= 4 is 46.8 Å². The van der Waals surface area contributed by atoms with E-state index in [2.05, 4.69) is 10.3 Å². The maximum atomic E-state index is 13.0. The van der Waals surface area contributed by atoms with Crippen LogP contribution in [0.2, 0.25) is 5.02 Å². The molecule has 1 heterocycles. The van der Waals surface area contributed by atoms with Crippen molar-refractivity contribution in [1.82, 2.24) is 5.32 Å². The monoisotopic (exact) mass is 484 g/mol. The molecule has 0 saturated carbocycles. The first-order valence-corrected chi connectivity index (χ1v) is 10.9. The summed E-state index contributed by atoms with van der Waals surface area (Å²) >= 11 is 11.9. The van der Waals surface area contributed by atoms with Gasteiger partial charge in [0.25, 0.3) is 0 Å². The number of hydrogen-bond acceptors (Lipinski definition) is 7. The largest absolute Gasteiger partial charge is 0.466 e. The molecule has 1 unspecified atom stereocenters. The molecule has 1 N–H and O–H groups in total. The van der Waals surface area contributed by atoms with Crippen molar-refractivity contribution in [3.05, 3.63) is 46.1 Å². The standard InChI is InChI=1S/C22H26Cl2N2O6/c1-4-32-22(29)20-16(12-31-10-9-25-17(27)11-23)26-13(2)18(21(28)30-3)19(20)14-7-5-6-8-15(14)24/h5-8,19-20H,4,9-12H2,1-3H3,(H,25,27)/t19-,20?/m0/s1. The van der Waals surface area contributed by atoms with Crippen molar-refractivity contribution in [1.29, 1.82) is 0 Å². The number of nitrogens with zero attached hydrogens (tertiary/aromatic N) is 1. The number of amides is 1. The van der Waals surface area contributed by atoms with Crippen LogP contribution in [-0.2, 0) is 28.6 Å². The molecule has 10 heteroatoms. The maximum absolute atomic E-state index is 13.0. The van der Waals surface area contributed by atoms with E-state index in [0.717, 1.165) is 0 Å². The van der Waals surface area contributed by atoms with Gasteiger partial charge in [0.05, 0.1) is 38.2 Å². The third-order valence-corrected chi connectivity index (χ3v) is 5.42. The Morgan fingerprint density at radius 1 is 1.22 bits per heavy atom. The SMILES string of the molecule is CCOC(=O)C1C(COCCNC(=O)CCl)=NC(C)=C(C(=O)OC)[C@@H]1c1ccccc1Cl. The van der Waals surface area contributed by atoms with Crippen molar-refractivity contribution < 1.29 is 28.6 Å². The number of benzene rings is 1. The first kappa shape index (κ1) is 25.8. The first-order chi connectivity index (χ1) is 15.3. The van der Waals surface area contributed by atoms with Crippen LogP contribution in [0.3, 0.4) is 0 Å². The Hall–Kier alpha value is -2.42. The average molecular weight is 485 g/mol. The van der Waals surface area contributed by atoms with Crippen molar-refractivity contribution in [3.8, 4) is 0 Å². The minimum atomic E-state index is -0.940. The second-order valence-corrected chi connectivity index (χ2v) is 7.53. The van der Waals surface area contributed by atoms with Crippen molar-refractivity contribution in [2.75, 3.05) is 39.4 Å². The minimum Gasteiger partial charge on any atom is -0.466 e. The van der Waals surface area contributed by atoms with E-state index in [1.807, 2.05) is 0 Å². The third-order valence-electron chi connectivity index (χ3n) is 4.83. The van der Waals surface area contributed by atoms with Crippen LogP contribution in [0.5, 0.6) is 0 Å². The lowest BCUT2D eigenvalue weighted by Gasteiger charge is -2.32. The number of nitrogens with one attached hydrogen (secondary N) is 1. The number of hydrogen-bond donors (Lipinski definition) is 1. The molecule has 0 aromatic heterocycles. The van der Waals surface area contributed by atoms with Gasteiger partial charge in [0.15, 0.2) is 0 Å². The number of rotatable bonds is 10. The molecule has 32 heavy (non-hydrogen) atoms. The minimum absolute atomic E-state index is 0.00697. The lowest BCUT2D eigenvalue weighted by Crippen LogP contribution is -2.40. The van der Waals surface area contributed by atoms with Crippen molar-refractivity contribution in [2.24, 2.45) is 10.9 Å². The van der Waals surface area contributed by atoms with E-state index in [0.29, 0.717) is 22.0 Å². The van der Waals surface area contributed by atoms with Crippen LogP contribution in [0.15, 0.2) is 40.5 Å². The average Bonchev–Trinajstić information content (AvgIpc) is 2.78. The van der Waals surface area contributed by atoms with Gasteiger partial charge < -0.3 is 19.5 Å². The van der Waals surface area contributed by atoms with Gasteiger partial charge in [0.1, 0.15) is 11.8 Å². The number of halogens is 2. The zero-order chi connectivity index (χ0) is 23.7. The number of alkyl halides is 1. The van der Waals surface area contributed by atoms with Gasteiger partial charge in [-0.15, -0.1) is 11.6 Å². The second-order valence-electron chi connectivity index (χ2n) is 6.86. The highest BCUT2D eigenvalue weighted by atomic mass is 35.5. The number of allylic oxidation sites excluding steroid dienone is 1. The molecule has 1 aliphatic heterocycles. The third kappa shape index (κ3) is 6.31. The van der Waals surface area contributed by atoms with Crippen LogP contribution in [0.25, 0.3) is 0 Å². The van der Waals surface area contributed by atoms with Gasteiger partial charge in [0, 0.05) is 23.2 Å². The highest BCUT2D eigenvalue weighted by Crippen LogP contribution is 2.42. The molecule has 8 nitrogen and oxygen atoms in total. The smallest absolute Gasteiger partial charge is 0.336 e. The molecule has 2 atom stereocenters. The van der Waals surface area contributed by atoms with Crippen LogP contribution in [0.4, 0.5) is 0 Å². The lowest BCUT2D eigenvalue weighted by atomic mass is 9.75. The van der Waals surface area contributed by atoms with Crippen LogP contribution < -0.4 is 5.32 Å². The number of esters is 2. The Kier molecular flexibility index (Phi) is 10.2. The molecule has 1 aliphatic rings. The zero-order valence-corrected chi connectivity index (χ0v) is 19.7. The van der Waals surface area contributed by atoms with Gasteiger partial charge in [-0.3, -0.25) is 14.6 Å². The van der Waals surface area contributed by atoms with Crippen molar-refractivity contribution in [3.63, 3.8) is 0 Å². The first-order valence-electron chi connectivity index (χ1n) is 10.0. The fourth-order valence-electron chi connectivity index (χ4n) is 3.49. The van der Waals surface area contributed by atoms with E-state index in [1.54, 1.807) is 38.1 Å². The fraction of sp³-hybridized carbons (Fsp3) is 0.455. The number of ether oxygens (including phenoxy) is 3. The molecular weight excluding hydrogens is 459 g/mol. The van der Waals surface area contributed by atoms with Gasteiger partial charge in [0.2, 0.25) is 5.91 Å². The van der Waals surface area contributed by atoms with Crippen molar-refractivity contribution in [2.45, 2.75) is 19.8 Å². The van der Waals surface area contributed by atoms with Crippen LogP contribution >= 0.6 is 23.2 Å². The van der Waals surface area contributed by atoms with Gasteiger partial charge in [-0.1, -0.05) is 29.8 Å². The topological polar surface area (TPSA) is 103 Å². The van der Waals surface area contributed by atoms with E-state index in [1.165, 1.54) is 7.11 Å². The van der Waals surface area contributed by atoms with Gasteiger partial charge in [-0.25, -0.2) is 4.79 Å². The highest BCUT2D eigenvalue weighted by molar-refractivity contribution is 6.31. The number of carbonyl (C=O) groups excluding carboxylic acids is 3. The number of methoxy groups -OCH3 is 1. The van der Waals surface area contributed by atoms with Gasteiger partial charge in [-0.05, 0) is 25.5 Å². The van der Waals surface area contributed by atoms with Crippen LogP contribution in [-0.4, -0.2) is 62.9 Å². The van der Waals surface area contributed by atoms with Gasteiger partial charge >= 0.3 is 11.9 Å². The maximum Gasteiger partial charge on any atom is 0.336 e. The fourth-order valence-corrected chi connectivity index (χ4v) is 3.84. The summed E-state index contributed by atoms with van der Waals surface area (Å²) < 4.78 is 15.9. The Bertz CT molecular complexity index is 915. The molecule has 2 rings (SSSR count). The predicted molar refractivity (Wildman–Crippen MR) is 121 cm³/mol. The summed E-state index contributed by atoms with van der Waals surface area (Å²) in [6, 6.07) is 6.97. The molecule has 1 aromatic rings. The summed E-state index contributed by atoms with van der Waals surface area (Å²) in [6.45, 7) is 3.94. The summed E-state index contributed by atoms with van der Waals surface area (Å²) in [5.74, 6) is -3.31. The number of aliphatic imine (C=N–C) groups is 1. The van der Waals surface area contributed by atoms with E-state index >= 15 is 0 Å². The Morgan fingerprint density at radius 2 is 1.94 bits per heavy atom. The van der Waals surface area contributed by atoms with E-state index in [-0.39, 0.29) is 43.7 Å². The molecule has 174 valence electrons. The molecule has 1 aromatic carbocycles. The van der Waals surface area contributed by atoms with E-state index in [4.69, 9.17) is 37.4 Å². The predicted octanol–water partition coefficient (Wildman–Crippen LogP) is 2.88. The summed E-state index contributed by atoms with van der Waals surface area (Å²) in [5, 5.41) is 2.98. The van der Waals surface area contributed by atoms with E-state index < -0.39 is 23.8 Å². The summed E-state index contributed by atoms with van der Waals surface area (Å²) in [5.41, 5.74) is 1.60. The Morgan fingerprint density at radius 3 is 2.56 bits per heavy atom. The summed E-state index contributed by atoms with van der Waals surface area (Å²) in [7, 11) is 1.27. The lowest BCUT2D eigenvalue weighted by molar-refractivity contribution is -0.146. The molecule has 0 radical (unpaired) electrons. The normalized spacial score (nSPS) is 18.1. The summed E-state index contributed by atoms with van der Waals surface area (Å²) in [6.07, 6.45) is 0. The van der Waals surface area contributed by atoms with Gasteiger partial charge in [-0.2, -0.15) is 0 Å². The molecule has 1 amide bonds. The number of carbonyl (C=O) groups is 3. The molecule has 0 aliphatic carbocycles.